The fourth-order valence-electron chi connectivity index (χ4n) is 7.67. The number of anilines is 2. The van der Waals surface area contributed by atoms with Crippen molar-refractivity contribution in [2.75, 3.05) is 30.2 Å². The van der Waals surface area contributed by atoms with E-state index in [2.05, 4.69) is 16.4 Å². The van der Waals surface area contributed by atoms with Gasteiger partial charge in [0.05, 0.1) is 41.6 Å². The monoisotopic (exact) mass is 632 g/mol. The molecule has 4 aliphatic rings. The molecule has 3 N–H and O–H groups in total. The van der Waals surface area contributed by atoms with Gasteiger partial charge in [0.2, 0.25) is 5.91 Å². The van der Waals surface area contributed by atoms with Gasteiger partial charge in [0.1, 0.15) is 11.5 Å². The smallest absolute Gasteiger partial charge is 0.287 e. The molecule has 44 heavy (non-hydrogen) atoms. The van der Waals surface area contributed by atoms with E-state index in [0.29, 0.717) is 46.2 Å². The Labute approximate surface area is 266 Å². The summed E-state index contributed by atoms with van der Waals surface area (Å²) < 4.78 is 5.44. The summed E-state index contributed by atoms with van der Waals surface area (Å²) in [5.74, 6) is 0.470. The highest BCUT2D eigenvalue weighted by Crippen LogP contribution is 2.48. The summed E-state index contributed by atoms with van der Waals surface area (Å²) in [6.45, 7) is 1.30. The Morgan fingerprint density at radius 2 is 1.80 bits per heavy atom. The summed E-state index contributed by atoms with van der Waals surface area (Å²) in [6.07, 6.45) is 3.86. The zero-order valence-corrected chi connectivity index (χ0v) is 25.8. The molecule has 11 heteroatoms. The standard InChI is InChI=1S/C33H34Cl2N6O3/c1-44-23-12-9-20(10-13-23)29-31(39-18-21-6-4-7-24(21)30(39)32(36)42)28(37-41(29)27-14-11-22(34)17-25(27)35)33(43)38-40-16-15-19-5-2-3-8-26(19)40/h2-3,5,8-14,17,21,24,29-31H,4,6-7,15-16,18H2,1H3,(H2,36,42)(H,38,43). The highest BCUT2D eigenvalue weighted by Gasteiger charge is 2.55. The minimum absolute atomic E-state index is 0.145. The number of nitrogens with one attached hydrogen (secondary N) is 1. The largest absolute Gasteiger partial charge is 0.497 e. The number of nitrogens with zero attached hydrogens (tertiary/aromatic N) is 4. The lowest BCUT2D eigenvalue weighted by atomic mass is 9.91. The lowest BCUT2D eigenvalue weighted by Gasteiger charge is -2.37. The van der Waals surface area contributed by atoms with Gasteiger partial charge >= 0.3 is 0 Å². The van der Waals surface area contributed by atoms with Crippen LogP contribution in [0.3, 0.4) is 0 Å². The van der Waals surface area contributed by atoms with Gasteiger partial charge in [-0.3, -0.25) is 29.9 Å². The summed E-state index contributed by atoms with van der Waals surface area (Å²) in [5.41, 5.74) is 13.2. The van der Waals surface area contributed by atoms with Gasteiger partial charge in [-0.1, -0.05) is 60.0 Å². The topological polar surface area (TPSA) is 103 Å². The number of benzene rings is 3. The average molecular weight is 634 g/mol. The van der Waals surface area contributed by atoms with Crippen LogP contribution in [-0.2, 0) is 16.0 Å². The summed E-state index contributed by atoms with van der Waals surface area (Å²) in [4.78, 5) is 29.6. The molecule has 5 unspecified atom stereocenters. The van der Waals surface area contributed by atoms with Crippen LogP contribution in [0.1, 0.15) is 36.4 Å². The number of nitrogens with two attached hydrogens (primary N) is 1. The van der Waals surface area contributed by atoms with Crippen LogP contribution >= 0.6 is 23.2 Å². The molecule has 3 aromatic carbocycles. The van der Waals surface area contributed by atoms with E-state index >= 15 is 0 Å². The van der Waals surface area contributed by atoms with Gasteiger partial charge in [0, 0.05) is 18.1 Å². The van der Waals surface area contributed by atoms with Gasteiger partial charge < -0.3 is 10.5 Å². The van der Waals surface area contributed by atoms with Crippen LogP contribution in [0.2, 0.25) is 10.0 Å². The summed E-state index contributed by atoms with van der Waals surface area (Å²) >= 11 is 13.1. The highest BCUT2D eigenvalue weighted by molar-refractivity contribution is 6.42. The van der Waals surface area contributed by atoms with Gasteiger partial charge in [0.25, 0.3) is 5.91 Å². The molecule has 1 saturated carbocycles. The number of hydrazone groups is 1. The van der Waals surface area contributed by atoms with Crippen LogP contribution in [-0.4, -0.2) is 54.7 Å². The lowest BCUT2D eigenvalue weighted by molar-refractivity contribution is -0.124. The molecule has 0 aromatic heterocycles. The van der Waals surface area contributed by atoms with E-state index in [0.717, 1.165) is 36.9 Å². The number of carbonyl (C=O) groups excluding carboxylic acids is 2. The number of hydrogen-bond acceptors (Lipinski definition) is 7. The van der Waals surface area contributed by atoms with E-state index < -0.39 is 18.1 Å². The SMILES string of the molecule is COc1ccc(C2C(N3CC4CCCC4C3C(N)=O)C(C(=O)NN3CCc4ccccc43)=NN2c2ccc(Cl)cc2Cl)cc1. The van der Waals surface area contributed by atoms with Crippen molar-refractivity contribution in [1.29, 1.82) is 0 Å². The average Bonchev–Trinajstić information content (AvgIpc) is 3.79. The maximum absolute atomic E-state index is 14.4. The zero-order valence-electron chi connectivity index (χ0n) is 24.3. The van der Waals surface area contributed by atoms with Crippen molar-refractivity contribution in [3.8, 4) is 5.75 Å². The van der Waals surface area contributed by atoms with E-state index in [1.807, 2.05) is 53.5 Å². The molecular formula is C33H34Cl2N6O3. The van der Waals surface area contributed by atoms with Gasteiger partial charge in [-0.15, -0.1) is 0 Å². The molecule has 2 amide bonds. The molecule has 3 aromatic rings. The molecular weight excluding hydrogens is 599 g/mol. The van der Waals surface area contributed by atoms with Crippen LogP contribution < -0.4 is 25.9 Å². The minimum Gasteiger partial charge on any atom is -0.497 e. The minimum atomic E-state index is -0.587. The Kier molecular flexibility index (Phi) is 7.64. The van der Waals surface area contributed by atoms with Gasteiger partial charge in [-0.25, -0.2) is 0 Å². The Hall–Kier alpha value is -3.79. The molecule has 0 radical (unpaired) electrons. The number of likely N-dealkylation sites (tertiary alicyclic amines) is 1. The first-order valence-corrected chi connectivity index (χ1v) is 15.8. The van der Waals surface area contributed by atoms with Crippen molar-refractivity contribution in [2.45, 2.75) is 43.8 Å². The molecule has 3 aliphatic heterocycles. The Bertz CT molecular complexity index is 1630. The van der Waals surface area contributed by atoms with Crippen molar-refractivity contribution < 1.29 is 14.3 Å². The molecule has 228 valence electrons. The molecule has 3 heterocycles. The second-order valence-electron chi connectivity index (χ2n) is 12.0. The number of primary amides is 1. The van der Waals surface area contributed by atoms with Gasteiger partial charge in [-0.2, -0.15) is 5.10 Å². The third kappa shape index (κ3) is 4.97. The summed E-state index contributed by atoms with van der Waals surface area (Å²) in [6, 6.07) is 19.4. The van der Waals surface area contributed by atoms with Crippen LogP contribution in [0, 0.1) is 11.8 Å². The van der Waals surface area contributed by atoms with E-state index in [9.17, 15) is 9.59 Å². The second kappa shape index (κ2) is 11.6. The first-order chi connectivity index (χ1) is 21.3. The van der Waals surface area contributed by atoms with Gasteiger partial charge in [-0.05, 0) is 78.6 Å². The number of rotatable bonds is 7. The molecule has 0 bridgehead atoms. The number of halogens is 2. The number of methoxy groups -OCH3 is 1. The molecule has 2 fully saturated rings. The number of amides is 2. The van der Waals surface area contributed by atoms with Crippen LogP contribution in [0.5, 0.6) is 5.75 Å². The molecule has 5 atom stereocenters. The summed E-state index contributed by atoms with van der Waals surface area (Å²) in [5, 5.41) is 9.59. The van der Waals surface area contributed by atoms with Crippen molar-refractivity contribution in [2.24, 2.45) is 22.7 Å². The molecule has 1 aliphatic carbocycles. The van der Waals surface area contributed by atoms with E-state index in [1.54, 1.807) is 24.3 Å². The fraction of sp³-hybridized carbons (Fsp3) is 0.364. The van der Waals surface area contributed by atoms with Crippen molar-refractivity contribution >= 4 is 52.1 Å². The predicted octanol–water partition coefficient (Wildman–Crippen LogP) is 4.97. The van der Waals surface area contributed by atoms with E-state index in [4.69, 9.17) is 38.8 Å². The van der Waals surface area contributed by atoms with Crippen molar-refractivity contribution in [3.05, 3.63) is 87.9 Å². The number of ether oxygens (including phenoxy) is 1. The normalized spacial score (nSPS) is 26.0. The summed E-state index contributed by atoms with van der Waals surface area (Å²) in [7, 11) is 1.62. The number of hydrazine groups is 1. The third-order valence-corrected chi connectivity index (χ3v) is 10.1. The lowest BCUT2D eigenvalue weighted by Crippen LogP contribution is -2.56. The van der Waals surface area contributed by atoms with Crippen molar-refractivity contribution in [1.82, 2.24) is 10.3 Å². The molecule has 0 spiro atoms. The van der Waals surface area contributed by atoms with E-state index in [1.165, 1.54) is 5.56 Å². The Morgan fingerprint density at radius 1 is 1.00 bits per heavy atom. The Morgan fingerprint density at radius 3 is 2.55 bits per heavy atom. The Balaban J connectivity index is 1.35. The first-order valence-electron chi connectivity index (χ1n) is 15.0. The van der Waals surface area contributed by atoms with Crippen molar-refractivity contribution in [3.63, 3.8) is 0 Å². The molecule has 7 rings (SSSR count). The van der Waals surface area contributed by atoms with E-state index in [-0.39, 0.29) is 17.7 Å². The van der Waals surface area contributed by atoms with Crippen LogP contribution in [0.25, 0.3) is 0 Å². The van der Waals surface area contributed by atoms with Gasteiger partial charge in [0.15, 0.2) is 0 Å². The second-order valence-corrected chi connectivity index (χ2v) is 12.8. The number of carbonyl (C=O) groups is 2. The number of fused-ring (bicyclic) bond motifs is 2. The van der Waals surface area contributed by atoms with Crippen LogP contribution in [0.15, 0.2) is 71.8 Å². The highest BCUT2D eigenvalue weighted by atomic mass is 35.5. The zero-order chi connectivity index (χ0) is 30.5. The maximum Gasteiger partial charge on any atom is 0.287 e. The number of para-hydroxylation sites is 1. The third-order valence-electron chi connectivity index (χ3n) is 9.60. The number of hydrogen-bond donors (Lipinski definition) is 2. The molecule has 1 saturated heterocycles. The van der Waals surface area contributed by atoms with Crippen LogP contribution in [0.4, 0.5) is 11.4 Å². The fourth-order valence-corrected chi connectivity index (χ4v) is 8.16. The predicted molar refractivity (Wildman–Crippen MR) is 172 cm³/mol. The molecule has 9 nitrogen and oxygen atoms in total. The first kappa shape index (κ1) is 29.0. The maximum atomic E-state index is 14.4. The quantitative estimate of drug-likeness (QED) is 0.381.